The van der Waals surface area contributed by atoms with Crippen LogP contribution < -0.4 is 4.90 Å². The number of aromatic nitrogens is 2. The number of benzene rings is 2. The lowest BCUT2D eigenvalue weighted by atomic mass is 10.0. The average molecular weight is 465 g/mol. The van der Waals surface area contributed by atoms with Crippen LogP contribution in [0.5, 0.6) is 0 Å². The van der Waals surface area contributed by atoms with Crippen LogP contribution in [0.4, 0.5) is 14.6 Å². The van der Waals surface area contributed by atoms with Gasteiger partial charge in [-0.3, -0.25) is 4.79 Å². The summed E-state index contributed by atoms with van der Waals surface area (Å²) in [5.41, 5.74) is 2.86. The van der Waals surface area contributed by atoms with Crippen LogP contribution >= 0.6 is 0 Å². The lowest BCUT2D eigenvalue weighted by Crippen LogP contribution is -2.49. The van der Waals surface area contributed by atoms with Crippen molar-refractivity contribution in [3.63, 3.8) is 0 Å². The van der Waals surface area contributed by atoms with Gasteiger partial charge in [-0.25, -0.2) is 18.7 Å². The van der Waals surface area contributed by atoms with Gasteiger partial charge >= 0.3 is 0 Å². The van der Waals surface area contributed by atoms with E-state index in [2.05, 4.69) is 18.7 Å². The van der Waals surface area contributed by atoms with Gasteiger partial charge in [-0.1, -0.05) is 32.0 Å². The van der Waals surface area contributed by atoms with Gasteiger partial charge in [0.25, 0.3) is 5.91 Å². The molecular formula is C27H30F2N4O. The molecule has 1 aliphatic rings. The summed E-state index contributed by atoms with van der Waals surface area (Å²) in [6.45, 7) is 8.48. The van der Waals surface area contributed by atoms with E-state index in [-0.39, 0.29) is 17.5 Å². The first kappa shape index (κ1) is 23.8. The maximum Gasteiger partial charge on any atom is 0.253 e. The van der Waals surface area contributed by atoms with Crippen LogP contribution in [0.25, 0.3) is 0 Å². The molecule has 1 aromatic heterocycles. The fourth-order valence-electron chi connectivity index (χ4n) is 4.29. The molecule has 1 aliphatic heterocycles. The third-order valence-corrected chi connectivity index (χ3v) is 6.11. The number of carbonyl (C=O) groups excluding carboxylic acids is 1. The number of hydrogen-bond donors (Lipinski definition) is 0. The first-order chi connectivity index (χ1) is 16.3. The van der Waals surface area contributed by atoms with E-state index in [4.69, 9.17) is 9.97 Å². The molecule has 4 rings (SSSR count). The van der Waals surface area contributed by atoms with E-state index >= 15 is 0 Å². The summed E-state index contributed by atoms with van der Waals surface area (Å²) >= 11 is 0. The van der Waals surface area contributed by atoms with Crippen molar-refractivity contribution in [3.8, 4) is 0 Å². The van der Waals surface area contributed by atoms with Gasteiger partial charge in [0.15, 0.2) is 0 Å². The Balaban J connectivity index is 1.58. The number of piperazine rings is 1. The van der Waals surface area contributed by atoms with E-state index in [9.17, 15) is 13.6 Å². The molecule has 0 unspecified atom stereocenters. The lowest BCUT2D eigenvalue weighted by molar-refractivity contribution is 0.0746. The summed E-state index contributed by atoms with van der Waals surface area (Å²) in [5.74, 6) is 1.30. The molecule has 5 nitrogen and oxygen atoms in total. The Morgan fingerprint density at radius 1 is 0.971 bits per heavy atom. The number of hydrogen-bond acceptors (Lipinski definition) is 4. The van der Waals surface area contributed by atoms with Crippen LogP contribution in [-0.2, 0) is 12.8 Å². The van der Waals surface area contributed by atoms with Crippen molar-refractivity contribution in [2.45, 2.75) is 33.6 Å². The monoisotopic (exact) mass is 464 g/mol. The second-order valence-electron chi connectivity index (χ2n) is 9.18. The van der Waals surface area contributed by atoms with Gasteiger partial charge in [-0.2, -0.15) is 0 Å². The predicted molar refractivity (Wildman–Crippen MR) is 129 cm³/mol. The van der Waals surface area contributed by atoms with Gasteiger partial charge in [0.1, 0.15) is 23.3 Å². The molecule has 0 aliphatic carbocycles. The van der Waals surface area contributed by atoms with E-state index in [1.807, 2.05) is 13.0 Å². The zero-order valence-electron chi connectivity index (χ0n) is 19.9. The van der Waals surface area contributed by atoms with E-state index in [1.165, 1.54) is 30.3 Å². The van der Waals surface area contributed by atoms with Gasteiger partial charge in [0.2, 0.25) is 0 Å². The third kappa shape index (κ3) is 5.41. The summed E-state index contributed by atoms with van der Waals surface area (Å²) in [4.78, 5) is 26.4. The molecule has 2 aromatic carbocycles. The van der Waals surface area contributed by atoms with Crippen molar-refractivity contribution in [1.29, 1.82) is 0 Å². The summed E-state index contributed by atoms with van der Waals surface area (Å²) in [6.07, 6.45) is 1.17. The molecule has 0 spiro atoms. The Morgan fingerprint density at radius 3 is 2.29 bits per heavy atom. The van der Waals surface area contributed by atoms with Crippen molar-refractivity contribution in [1.82, 2.24) is 14.9 Å². The molecule has 0 bridgehead atoms. The highest BCUT2D eigenvalue weighted by Crippen LogP contribution is 2.27. The number of aryl methyl sites for hydroxylation is 1. The quantitative estimate of drug-likeness (QED) is 0.525. The average Bonchev–Trinajstić information content (AvgIpc) is 2.81. The van der Waals surface area contributed by atoms with E-state index in [0.717, 1.165) is 29.3 Å². The molecule has 3 aromatic rings. The van der Waals surface area contributed by atoms with Gasteiger partial charge < -0.3 is 9.80 Å². The number of halogens is 2. The first-order valence-electron chi connectivity index (χ1n) is 11.7. The number of anilines is 1. The minimum atomic E-state index is -0.361. The molecule has 178 valence electrons. The topological polar surface area (TPSA) is 49.3 Å². The Hall–Kier alpha value is -3.35. The Bertz CT molecular complexity index is 1160. The van der Waals surface area contributed by atoms with Crippen LogP contribution in [0, 0.1) is 24.5 Å². The second kappa shape index (κ2) is 10.3. The van der Waals surface area contributed by atoms with Gasteiger partial charge in [0, 0.05) is 55.8 Å². The molecule has 0 N–H and O–H groups in total. The highest BCUT2D eigenvalue weighted by molar-refractivity contribution is 5.94. The summed E-state index contributed by atoms with van der Waals surface area (Å²) in [5, 5.41) is 0. The molecule has 1 amide bonds. The number of nitrogens with zero attached hydrogens (tertiary/aromatic N) is 4. The van der Waals surface area contributed by atoms with E-state index in [0.29, 0.717) is 49.6 Å². The van der Waals surface area contributed by atoms with E-state index in [1.54, 1.807) is 17.0 Å². The summed E-state index contributed by atoms with van der Waals surface area (Å²) < 4.78 is 27.7. The molecule has 34 heavy (non-hydrogen) atoms. The molecule has 1 fully saturated rings. The minimum absolute atomic E-state index is 0.106. The number of amides is 1. The van der Waals surface area contributed by atoms with Crippen LogP contribution in [-0.4, -0.2) is 47.0 Å². The van der Waals surface area contributed by atoms with Crippen molar-refractivity contribution in [2.75, 3.05) is 31.1 Å². The minimum Gasteiger partial charge on any atom is -0.353 e. The van der Waals surface area contributed by atoms with Crippen molar-refractivity contribution >= 4 is 11.7 Å². The molecule has 0 atom stereocenters. The second-order valence-corrected chi connectivity index (χ2v) is 9.18. The number of rotatable bonds is 6. The maximum absolute atomic E-state index is 14.4. The van der Waals surface area contributed by atoms with Crippen molar-refractivity contribution < 1.29 is 13.6 Å². The third-order valence-electron chi connectivity index (χ3n) is 6.11. The van der Waals surface area contributed by atoms with Crippen LogP contribution in [0.3, 0.4) is 0 Å². The molecule has 0 saturated carbocycles. The SMILES string of the molecule is Cc1nc(CC(C)C)nc(N2CCN(C(=O)c3ccc(F)cc3)CC2)c1Cc1ccccc1F. The molecule has 7 heteroatoms. The maximum atomic E-state index is 14.4. The zero-order valence-corrected chi connectivity index (χ0v) is 19.9. The van der Waals surface area contributed by atoms with Crippen LogP contribution in [0.15, 0.2) is 48.5 Å². The fourth-order valence-corrected chi connectivity index (χ4v) is 4.29. The lowest BCUT2D eigenvalue weighted by Gasteiger charge is -2.36. The molecule has 1 saturated heterocycles. The van der Waals surface area contributed by atoms with Crippen molar-refractivity contribution in [2.24, 2.45) is 5.92 Å². The normalized spacial score (nSPS) is 14.1. The van der Waals surface area contributed by atoms with Crippen molar-refractivity contribution in [3.05, 3.63) is 88.4 Å². The zero-order chi connectivity index (χ0) is 24.2. The summed E-state index contributed by atoms with van der Waals surface area (Å²) in [6, 6.07) is 12.4. The Morgan fingerprint density at radius 2 is 1.65 bits per heavy atom. The standard InChI is InChI=1S/C27H30F2N4O/c1-18(2)16-25-30-19(3)23(17-21-6-4-5-7-24(21)29)26(31-25)32-12-14-33(15-13-32)27(34)20-8-10-22(28)11-9-20/h4-11,18H,12-17H2,1-3H3. The van der Waals surface area contributed by atoms with Crippen LogP contribution in [0.1, 0.15) is 46.9 Å². The predicted octanol–water partition coefficient (Wildman–Crippen LogP) is 4.81. The fraction of sp³-hybridized carbons (Fsp3) is 0.370. The highest BCUT2D eigenvalue weighted by Gasteiger charge is 2.26. The molecule has 2 heterocycles. The summed E-state index contributed by atoms with van der Waals surface area (Å²) in [7, 11) is 0. The van der Waals surface area contributed by atoms with Crippen LogP contribution in [0.2, 0.25) is 0 Å². The molecule has 0 radical (unpaired) electrons. The van der Waals surface area contributed by atoms with Gasteiger partial charge in [0.05, 0.1) is 0 Å². The first-order valence-corrected chi connectivity index (χ1v) is 11.7. The van der Waals surface area contributed by atoms with Gasteiger partial charge in [-0.15, -0.1) is 0 Å². The largest absolute Gasteiger partial charge is 0.353 e. The Labute approximate surface area is 199 Å². The van der Waals surface area contributed by atoms with Gasteiger partial charge in [-0.05, 0) is 48.7 Å². The smallest absolute Gasteiger partial charge is 0.253 e. The van der Waals surface area contributed by atoms with E-state index < -0.39 is 0 Å². The molecular weight excluding hydrogens is 434 g/mol. The highest BCUT2D eigenvalue weighted by atomic mass is 19.1. The Kier molecular flexibility index (Phi) is 7.20. The number of carbonyl (C=O) groups is 1.